The smallest absolute Gasteiger partial charge is 0.345 e. The molecule has 4 heteroatoms. The van der Waals surface area contributed by atoms with Crippen molar-refractivity contribution >= 4 is 0 Å². The first-order valence-corrected chi connectivity index (χ1v) is 4.12. The first kappa shape index (κ1) is 15.0. The molecule has 0 aromatic rings. The second-order valence-electron chi connectivity index (χ2n) is 2.25. The minimum atomic E-state index is 0. The van der Waals surface area contributed by atoms with E-state index >= 15 is 0 Å². The number of rotatable bonds is 8. The molecule has 0 bridgehead atoms. The van der Waals surface area contributed by atoms with Gasteiger partial charge < -0.3 is 29.8 Å². The van der Waals surface area contributed by atoms with Crippen molar-refractivity contribution in [3.63, 3.8) is 0 Å². The van der Waals surface area contributed by atoms with Crippen LogP contribution in [0.5, 0.6) is 0 Å². The Bertz CT molecular complexity index is 63.3. The first-order valence-electron chi connectivity index (χ1n) is 4.12. The third-order valence-electron chi connectivity index (χ3n) is 1.31. The van der Waals surface area contributed by atoms with Crippen molar-refractivity contribution in [2.24, 2.45) is 0 Å². The van der Waals surface area contributed by atoms with Crippen LogP contribution in [0.25, 0.3) is 0 Å². The molecule has 3 nitrogen and oxygen atoms in total. The Balaban J connectivity index is 0. The average molecular weight is 264 g/mol. The zero-order chi connectivity index (χ0) is 8.36. The van der Waals surface area contributed by atoms with E-state index in [1.807, 2.05) is 0 Å². The van der Waals surface area contributed by atoms with Gasteiger partial charge in [-0.15, -0.1) is 13.1 Å². The molecule has 0 atom stereocenters. The molecule has 0 saturated heterocycles. The van der Waals surface area contributed by atoms with Gasteiger partial charge in [-0.2, -0.15) is 0 Å². The molecule has 0 saturated carbocycles. The fourth-order valence-electron chi connectivity index (χ4n) is 0.729. The topological polar surface area (TPSA) is 36.1 Å². The van der Waals surface area contributed by atoms with Crippen molar-refractivity contribution in [2.45, 2.75) is 0 Å². The van der Waals surface area contributed by atoms with Gasteiger partial charge in [-0.3, -0.25) is 0 Å². The maximum absolute atomic E-state index is 3.67. The van der Waals surface area contributed by atoms with Gasteiger partial charge in [-0.1, -0.05) is 0 Å². The molecule has 0 aliphatic carbocycles. The zero-order valence-corrected chi connectivity index (χ0v) is 9.03. The molecule has 0 spiro atoms. The molecule has 0 heterocycles. The summed E-state index contributed by atoms with van der Waals surface area (Å²) in [6, 6.07) is 0. The first-order chi connectivity index (χ1) is 5.41. The third-order valence-corrected chi connectivity index (χ3v) is 1.31. The Morgan fingerprint density at radius 3 is 1.33 bits per heavy atom. The minimum Gasteiger partial charge on any atom is -0.345 e. The number of nitrogens with one attached hydrogen (secondary N) is 3. The van der Waals surface area contributed by atoms with E-state index in [4.69, 9.17) is 0 Å². The summed E-state index contributed by atoms with van der Waals surface area (Å²) in [6.45, 7) is 13.0. The Morgan fingerprint density at radius 2 is 1.00 bits per heavy atom. The summed E-state index contributed by atoms with van der Waals surface area (Å²) in [7, 11) is 0. The number of hydrogen-bond acceptors (Lipinski definition) is 3. The maximum atomic E-state index is 3.67. The summed E-state index contributed by atoms with van der Waals surface area (Å²) in [5.74, 6) is 0. The summed E-state index contributed by atoms with van der Waals surface area (Å²) < 4.78 is 0. The van der Waals surface area contributed by atoms with E-state index in [2.05, 4.69) is 29.8 Å². The van der Waals surface area contributed by atoms with Crippen molar-refractivity contribution < 1.29 is 20.4 Å². The summed E-state index contributed by atoms with van der Waals surface area (Å²) in [5.41, 5.74) is 0. The predicted molar refractivity (Wildman–Crippen MR) is 49.3 cm³/mol. The van der Waals surface area contributed by atoms with Crippen LogP contribution in [0.2, 0.25) is 0 Å². The molecule has 0 amide bonds. The second-order valence-corrected chi connectivity index (χ2v) is 2.25. The zero-order valence-electron chi connectivity index (χ0n) is 7.47. The van der Waals surface area contributed by atoms with Crippen LogP contribution in [0, 0.1) is 13.8 Å². The fourth-order valence-corrected chi connectivity index (χ4v) is 0.729. The van der Waals surface area contributed by atoms with Gasteiger partial charge in [-0.05, 0) is 0 Å². The minimum absolute atomic E-state index is 0. The van der Waals surface area contributed by atoms with Gasteiger partial charge in [0.15, 0.2) is 0 Å². The van der Waals surface area contributed by atoms with E-state index in [1.165, 1.54) is 0 Å². The molecule has 0 aromatic heterocycles. The molecule has 76 valence electrons. The van der Waals surface area contributed by atoms with Gasteiger partial charge in [0.05, 0.1) is 0 Å². The molecule has 0 unspecified atom stereocenters. The average Bonchev–Trinajstić information content (AvgIpc) is 2.03. The van der Waals surface area contributed by atoms with Gasteiger partial charge in [-0.25, -0.2) is 0 Å². The van der Waals surface area contributed by atoms with Crippen LogP contribution in [-0.4, -0.2) is 39.3 Å². The van der Waals surface area contributed by atoms with Crippen LogP contribution in [0.1, 0.15) is 0 Å². The van der Waals surface area contributed by atoms with Gasteiger partial charge in [0.25, 0.3) is 0 Å². The van der Waals surface area contributed by atoms with E-state index < -0.39 is 0 Å². The normalized spacial score (nSPS) is 9.50. The van der Waals surface area contributed by atoms with Crippen molar-refractivity contribution in [3.05, 3.63) is 13.8 Å². The van der Waals surface area contributed by atoms with Crippen molar-refractivity contribution in [1.29, 1.82) is 0 Å². The van der Waals surface area contributed by atoms with Gasteiger partial charge in [0, 0.05) is 26.2 Å². The van der Waals surface area contributed by atoms with E-state index in [0.29, 0.717) is 0 Å². The standard InChI is InChI=1S/C8H19N3.Pd/c1-3-9-5-7-11-8-6-10-4-2;/h9-11H,1-8H2;/q-2;+2. The molecule has 0 rings (SSSR count). The number of hydrogen-bond donors (Lipinski definition) is 3. The van der Waals surface area contributed by atoms with Crippen molar-refractivity contribution in [1.82, 2.24) is 16.0 Å². The van der Waals surface area contributed by atoms with Crippen LogP contribution in [-0.2, 0) is 20.4 Å². The largest absolute Gasteiger partial charge is 2.00 e. The van der Waals surface area contributed by atoms with Crippen molar-refractivity contribution in [3.8, 4) is 0 Å². The van der Waals surface area contributed by atoms with Crippen LogP contribution >= 0.6 is 0 Å². The summed E-state index contributed by atoms with van der Waals surface area (Å²) in [6.07, 6.45) is 0. The van der Waals surface area contributed by atoms with Crippen LogP contribution in [0.4, 0.5) is 0 Å². The maximum Gasteiger partial charge on any atom is 2.00 e. The molecule has 0 fully saturated rings. The van der Waals surface area contributed by atoms with Gasteiger partial charge in [0.1, 0.15) is 0 Å². The van der Waals surface area contributed by atoms with E-state index in [-0.39, 0.29) is 20.4 Å². The van der Waals surface area contributed by atoms with E-state index in [0.717, 1.165) is 39.3 Å². The predicted octanol–water partition coefficient (Wildman–Crippen LogP) is -0.579. The molecule has 3 N–H and O–H groups in total. The third kappa shape index (κ3) is 13.2. The van der Waals surface area contributed by atoms with Crippen LogP contribution in [0.15, 0.2) is 0 Å². The Kier molecular flexibility index (Phi) is 17.7. The molecular weight excluding hydrogens is 245 g/mol. The van der Waals surface area contributed by atoms with Crippen molar-refractivity contribution in [2.75, 3.05) is 39.3 Å². The van der Waals surface area contributed by atoms with Crippen LogP contribution in [0.3, 0.4) is 0 Å². The fraction of sp³-hybridized carbons (Fsp3) is 0.750. The molecule has 0 aliphatic heterocycles. The van der Waals surface area contributed by atoms with E-state index in [9.17, 15) is 0 Å². The Morgan fingerprint density at radius 1 is 0.667 bits per heavy atom. The Labute approximate surface area is 89.7 Å². The Hall–Kier alpha value is 0.542. The van der Waals surface area contributed by atoms with E-state index in [1.54, 1.807) is 0 Å². The SMILES string of the molecule is [CH2-]CNCCNCCNC[CH2-].[Pd+2]. The summed E-state index contributed by atoms with van der Waals surface area (Å²) >= 11 is 0. The molecule has 0 aromatic carbocycles. The molecule has 0 aliphatic rings. The van der Waals surface area contributed by atoms with Crippen LogP contribution < -0.4 is 16.0 Å². The summed E-state index contributed by atoms with van der Waals surface area (Å²) in [4.78, 5) is 0. The second kappa shape index (κ2) is 14.1. The quantitative estimate of drug-likeness (QED) is 0.312. The van der Waals surface area contributed by atoms with Gasteiger partial charge in [0.2, 0.25) is 0 Å². The molecule has 0 radical (unpaired) electrons. The monoisotopic (exact) mass is 263 g/mol. The summed E-state index contributed by atoms with van der Waals surface area (Å²) in [5, 5.41) is 9.54. The van der Waals surface area contributed by atoms with Gasteiger partial charge >= 0.3 is 20.4 Å². The molecular formula is C8H19N3Pd. The molecule has 12 heavy (non-hydrogen) atoms.